The summed E-state index contributed by atoms with van der Waals surface area (Å²) in [7, 11) is 1.96. The van der Waals surface area contributed by atoms with Gasteiger partial charge in [0.1, 0.15) is 5.82 Å². The van der Waals surface area contributed by atoms with Crippen molar-refractivity contribution in [3.05, 3.63) is 18.2 Å². The molecular formula is C7H15N3O. The third-order valence-electron chi connectivity index (χ3n) is 1.63. The van der Waals surface area contributed by atoms with Gasteiger partial charge in [-0.05, 0) is 6.42 Å². The Bertz CT molecular complexity index is 209. The number of aromatic nitrogens is 2. The smallest absolute Gasteiger partial charge is 0.125 e. The third-order valence-corrected chi connectivity index (χ3v) is 1.63. The highest BCUT2D eigenvalue weighted by molar-refractivity contribution is 4.96. The Balaban J connectivity index is 0.000001000. The van der Waals surface area contributed by atoms with Crippen molar-refractivity contribution in [3.8, 4) is 0 Å². The summed E-state index contributed by atoms with van der Waals surface area (Å²) in [4.78, 5) is 4.12. The SMILES string of the molecule is CCC(N)c1nccn1C.O. The average Bonchev–Trinajstić information content (AvgIpc) is 2.34. The van der Waals surface area contributed by atoms with Crippen molar-refractivity contribution < 1.29 is 5.48 Å². The lowest BCUT2D eigenvalue weighted by molar-refractivity contribution is 0.617. The third kappa shape index (κ3) is 2.03. The van der Waals surface area contributed by atoms with Gasteiger partial charge in [-0.3, -0.25) is 0 Å². The number of imidazole rings is 1. The number of rotatable bonds is 2. The fourth-order valence-electron chi connectivity index (χ4n) is 0.917. The summed E-state index contributed by atoms with van der Waals surface area (Å²) < 4.78 is 1.95. The predicted molar refractivity (Wildman–Crippen MR) is 44.0 cm³/mol. The zero-order chi connectivity index (χ0) is 7.56. The van der Waals surface area contributed by atoms with Gasteiger partial charge in [0, 0.05) is 19.4 Å². The Morgan fingerprint density at radius 1 is 1.73 bits per heavy atom. The number of nitrogens with two attached hydrogens (primary N) is 1. The van der Waals surface area contributed by atoms with Crippen molar-refractivity contribution in [1.29, 1.82) is 0 Å². The fraction of sp³-hybridized carbons (Fsp3) is 0.571. The Hall–Kier alpha value is -0.870. The summed E-state index contributed by atoms with van der Waals surface area (Å²) >= 11 is 0. The molecule has 0 spiro atoms. The van der Waals surface area contributed by atoms with E-state index in [9.17, 15) is 0 Å². The van der Waals surface area contributed by atoms with E-state index in [1.165, 1.54) is 0 Å². The standard InChI is InChI=1S/C7H13N3.H2O/c1-3-6(8)7-9-4-5-10(7)2;/h4-6H,3,8H2,1-2H3;1H2. The Morgan fingerprint density at radius 3 is 2.73 bits per heavy atom. The largest absolute Gasteiger partial charge is 0.412 e. The molecule has 0 bridgehead atoms. The van der Waals surface area contributed by atoms with Gasteiger partial charge in [-0.2, -0.15) is 0 Å². The van der Waals surface area contributed by atoms with E-state index < -0.39 is 0 Å². The first-order valence-electron chi connectivity index (χ1n) is 3.48. The molecule has 4 N–H and O–H groups in total. The molecule has 0 saturated heterocycles. The summed E-state index contributed by atoms with van der Waals surface area (Å²) in [6, 6.07) is 0.0833. The van der Waals surface area contributed by atoms with Crippen molar-refractivity contribution >= 4 is 0 Å². The molecule has 4 nitrogen and oxygen atoms in total. The topological polar surface area (TPSA) is 75.3 Å². The highest BCUT2D eigenvalue weighted by atomic mass is 16.0. The van der Waals surface area contributed by atoms with Gasteiger partial charge in [0.05, 0.1) is 6.04 Å². The monoisotopic (exact) mass is 157 g/mol. The van der Waals surface area contributed by atoms with Crippen LogP contribution in [0.1, 0.15) is 25.2 Å². The zero-order valence-electron chi connectivity index (χ0n) is 6.91. The molecule has 1 unspecified atom stereocenters. The van der Waals surface area contributed by atoms with E-state index in [1.54, 1.807) is 6.20 Å². The van der Waals surface area contributed by atoms with Gasteiger partial charge < -0.3 is 15.8 Å². The van der Waals surface area contributed by atoms with E-state index in [2.05, 4.69) is 11.9 Å². The highest BCUT2D eigenvalue weighted by Gasteiger charge is 2.06. The molecule has 64 valence electrons. The molecule has 0 fully saturated rings. The molecule has 1 atom stereocenters. The summed E-state index contributed by atoms with van der Waals surface area (Å²) in [6.07, 6.45) is 4.61. The van der Waals surface area contributed by atoms with Crippen LogP contribution in [0.2, 0.25) is 0 Å². The minimum atomic E-state index is 0. The maximum atomic E-state index is 5.76. The molecule has 1 heterocycles. The van der Waals surface area contributed by atoms with Crippen molar-refractivity contribution in [3.63, 3.8) is 0 Å². The molecule has 11 heavy (non-hydrogen) atoms. The van der Waals surface area contributed by atoms with Crippen molar-refractivity contribution in [1.82, 2.24) is 9.55 Å². The van der Waals surface area contributed by atoms with Crippen LogP contribution in [0.4, 0.5) is 0 Å². The average molecular weight is 157 g/mol. The van der Waals surface area contributed by atoms with Crippen LogP contribution < -0.4 is 5.73 Å². The lowest BCUT2D eigenvalue weighted by Gasteiger charge is -2.07. The van der Waals surface area contributed by atoms with E-state index in [4.69, 9.17) is 5.73 Å². The molecule has 0 aliphatic carbocycles. The van der Waals surface area contributed by atoms with E-state index in [0.717, 1.165) is 12.2 Å². The minimum Gasteiger partial charge on any atom is -0.412 e. The molecule has 1 aromatic rings. The van der Waals surface area contributed by atoms with Gasteiger partial charge in [0.15, 0.2) is 0 Å². The summed E-state index contributed by atoms with van der Waals surface area (Å²) in [5, 5.41) is 0. The van der Waals surface area contributed by atoms with Crippen LogP contribution in [0, 0.1) is 0 Å². The molecule has 0 radical (unpaired) electrons. The van der Waals surface area contributed by atoms with Crippen LogP contribution in [0.5, 0.6) is 0 Å². The number of aryl methyl sites for hydroxylation is 1. The van der Waals surface area contributed by atoms with E-state index in [0.29, 0.717) is 0 Å². The Labute approximate surface area is 66.4 Å². The van der Waals surface area contributed by atoms with Crippen LogP contribution in [-0.4, -0.2) is 15.0 Å². The fourth-order valence-corrected chi connectivity index (χ4v) is 0.917. The highest BCUT2D eigenvalue weighted by Crippen LogP contribution is 2.08. The number of hydrogen-bond acceptors (Lipinski definition) is 2. The second kappa shape index (κ2) is 4.10. The van der Waals surface area contributed by atoms with Gasteiger partial charge in [0.2, 0.25) is 0 Å². The quantitative estimate of drug-likeness (QED) is 0.656. The molecule has 0 aromatic carbocycles. The first kappa shape index (κ1) is 10.1. The normalized spacial score (nSPS) is 12.3. The van der Waals surface area contributed by atoms with Gasteiger partial charge in [0.25, 0.3) is 0 Å². The summed E-state index contributed by atoms with van der Waals surface area (Å²) in [5.41, 5.74) is 5.76. The van der Waals surface area contributed by atoms with Crippen LogP contribution >= 0.6 is 0 Å². The van der Waals surface area contributed by atoms with Gasteiger partial charge in [-0.1, -0.05) is 6.92 Å². The van der Waals surface area contributed by atoms with Gasteiger partial charge >= 0.3 is 0 Å². The predicted octanol–water partition coefficient (Wildman–Crippen LogP) is 0.00520. The van der Waals surface area contributed by atoms with Crippen molar-refractivity contribution in [2.24, 2.45) is 12.8 Å². The van der Waals surface area contributed by atoms with Crippen LogP contribution in [-0.2, 0) is 7.05 Å². The molecular weight excluding hydrogens is 142 g/mol. The Kier molecular flexibility index (Phi) is 3.78. The molecule has 0 saturated carbocycles. The lowest BCUT2D eigenvalue weighted by Crippen LogP contribution is -2.13. The van der Waals surface area contributed by atoms with Crippen molar-refractivity contribution in [2.75, 3.05) is 0 Å². The maximum Gasteiger partial charge on any atom is 0.125 e. The molecule has 0 amide bonds. The first-order valence-corrected chi connectivity index (χ1v) is 3.48. The number of nitrogens with zero attached hydrogens (tertiary/aromatic N) is 2. The molecule has 4 heteroatoms. The molecule has 0 aliphatic rings. The first-order chi connectivity index (χ1) is 4.75. The molecule has 1 aromatic heterocycles. The molecule has 0 aliphatic heterocycles. The van der Waals surface area contributed by atoms with Gasteiger partial charge in [-0.25, -0.2) is 4.98 Å². The van der Waals surface area contributed by atoms with E-state index in [1.807, 2.05) is 17.8 Å². The van der Waals surface area contributed by atoms with Crippen LogP contribution in [0.3, 0.4) is 0 Å². The summed E-state index contributed by atoms with van der Waals surface area (Å²) in [5.74, 6) is 0.961. The van der Waals surface area contributed by atoms with E-state index >= 15 is 0 Å². The summed E-state index contributed by atoms with van der Waals surface area (Å²) in [6.45, 7) is 2.05. The lowest BCUT2D eigenvalue weighted by atomic mass is 10.2. The van der Waals surface area contributed by atoms with Gasteiger partial charge in [-0.15, -0.1) is 0 Å². The van der Waals surface area contributed by atoms with Crippen LogP contribution in [0.25, 0.3) is 0 Å². The Morgan fingerprint density at radius 2 is 2.36 bits per heavy atom. The van der Waals surface area contributed by atoms with Crippen molar-refractivity contribution in [2.45, 2.75) is 19.4 Å². The minimum absolute atomic E-state index is 0. The second-order valence-corrected chi connectivity index (χ2v) is 2.41. The maximum absolute atomic E-state index is 5.76. The van der Waals surface area contributed by atoms with Crippen LogP contribution in [0.15, 0.2) is 12.4 Å². The van der Waals surface area contributed by atoms with E-state index in [-0.39, 0.29) is 11.5 Å². The number of hydrogen-bond donors (Lipinski definition) is 1. The molecule has 1 rings (SSSR count). The second-order valence-electron chi connectivity index (χ2n) is 2.41. The zero-order valence-corrected chi connectivity index (χ0v) is 6.91.